The van der Waals surface area contributed by atoms with Crippen molar-refractivity contribution in [2.75, 3.05) is 19.6 Å². The van der Waals surface area contributed by atoms with Crippen molar-refractivity contribution in [1.29, 1.82) is 0 Å². The highest BCUT2D eigenvalue weighted by atomic mass is 16.5. The summed E-state index contributed by atoms with van der Waals surface area (Å²) in [6.45, 7) is 2.93. The molecule has 2 aliphatic rings. The lowest BCUT2D eigenvalue weighted by Crippen LogP contribution is -2.45. The molecule has 1 amide bonds. The van der Waals surface area contributed by atoms with Gasteiger partial charge in [-0.05, 0) is 36.6 Å². The summed E-state index contributed by atoms with van der Waals surface area (Å²) in [7, 11) is 0. The average molecular weight is 445 g/mol. The van der Waals surface area contributed by atoms with Gasteiger partial charge in [-0.15, -0.1) is 0 Å². The number of benzene rings is 1. The normalized spacial score (nSPS) is 20.8. The van der Waals surface area contributed by atoms with Crippen LogP contribution in [0.2, 0.25) is 0 Å². The Bertz CT molecular complexity index is 1060. The fourth-order valence-corrected chi connectivity index (χ4v) is 5.21. The highest BCUT2D eigenvalue weighted by Crippen LogP contribution is 2.26. The lowest BCUT2D eigenvalue weighted by atomic mass is 9.94. The van der Waals surface area contributed by atoms with Gasteiger partial charge in [0.1, 0.15) is 0 Å². The van der Waals surface area contributed by atoms with E-state index in [1.54, 1.807) is 6.20 Å². The summed E-state index contributed by atoms with van der Waals surface area (Å²) in [6, 6.07) is 16.5. The van der Waals surface area contributed by atoms with Crippen LogP contribution in [0, 0.1) is 0 Å². The Morgan fingerprint density at radius 3 is 2.61 bits per heavy atom. The van der Waals surface area contributed by atoms with Crippen LogP contribution in [-0.4, -0.2) is 57.5 Å². The monoisotopic (exact) mass is 444 g/mol. The number of hydrogen-bond donors (Lipinski definition) is 0. The minimum absolute atomic E-state index is 0.0525. The van der Waals surface area contributed by atoms with Crippen molar-refractivity contribution < 1.29 is 9.53 Å². The van der Waals surface area contributed by atoms with Gasteiger partial charge in [-0.25, -0.2) is 0 Å². The van der Waals surface area contributed by atoms with Crippen LogP contribution in [0.15, 0.2) is 60.9 Å². The van der Waals surface area contributed by atoms with E-state index in [1.165, 1.54) is 19.3 Å². The topological polar surface area (TPSA) is 58.6 Å². The van der Waals surface area contributed by atoms with Crippen molar-refractivity contribution in [3.05, 3.63) is 72.2 Å². The molecule has 2 aromatic heterocycles. The second kappa shape index (κ2) is 10.4. The Morgan fingerprint density at radius 1 is 0.909 bits per heavy atom. The highest BCUT2D eigenvalue weighted by molar-refractivity contribution is 5.82. The number of hydrogen-bond acceptors (Lipinski definition) is 5. The van der Waals surface area contributed by atoms with E-state index < -0.39 is 0 Å². The minimum atomic E-state index is -0.0525. The number of amides is 1. The van der Waals surface area contributed by atoms with E-state index in [4.69, 9.17) is 4.74 Å². The van der Waals surface area contributed by atoms with Crippen LogP contribution in [0.1, 0.15) is 43.4 Å². The molecule has 1 unspecified atom stereocenters. The van der Waals surface area contributed by atoms with Crippen LogP contribution in [0.4, 0.5) is 0 Å². The smallest absolute Gasteiger partial charge is 0.237 e. The van der Waals surface area contributed by atoms with Gasteiger partial charge in [-0.2, -0.15) is 0 Å². The van der Waals surface area contributed by atoms with Crippen molar-refractivity contribution in [1.82, 2.24) is 19.8 Å². The number of carbonyl (C=O) groups is 1. The predicted molar refractivity (Wildman–Crippen MR) is 128 cm³/mol. The molecule has 1 aliphatic heterocycles. The number of pyridine rings is 2. The van der Waals surface area contributed by atoms with Crippen molar-refractivity contribution in [3.63, 3.8) is 0 Å². The van der Waals surface area contributed by atoms with Gasteiger partial charge in [0.15, 0.2) is 0 Å². The maximum absolute atomic E-state index is 13.4. The summed E-state index contributed by atoms with van der Waals surface area (Å²) in [5.41, 5.74) is 3.07. The maximum Gasteiger partial charge on any atom is 0.237 e. The second-order valence-corrected chi connectivity index (χ2v) is 9.25. The van der Waals surface area contributed by atoms with Gasteiger partial charge in [0.25, 0.3) is 0 Å². The molecule has 1 aliphatic carbocycles. The van der Waals surface area contributed by atoms with Gasteiger partial charge in [-0.3, -0.25) is 19.7 Å². The first kappa shape index (κ1) is 22.0. The molecule has 172 valence electrons. The molecule has 6 heteroatoms. The zero-order chi connectivity index (χ0) is 22.5. The fraction of sp³-hybridized carbons (Fsp3) is 0.444. The first-order chi connectivity index (χ1) is 16.3. The Labute approximate surface area is 195 Å². The number of para-hydroxylation sites is 1. The predicted octanol–water partition coefficient (Wildman–Crippen LogP) is 4.19. The molecule has 1 saturated heterocycles. The van der Waals surface area contributed by atoms with E-state index in [1.807, 2.05) is 30.5 Å². The molecule has 3 heterocycles. The molecular weight excluding hydrogens is 412 g/mol. The van der Waals surface area contributed by atoms with E-state index in [0.717, 1.165) is 35.0 Å². The molecule has 0 radical (unpaired) electrons. The summed E-state index contributed by atoms with van der Waals surface area (Å²) in [4.78, 5) is 26.8. The first-order valence-electron chi connectivity index (χ1n) is 12.1. The largest absolute Gasteiger partial charge is 0.369 e. The minimum Gasteiger partial charge on any atom is -0.369 e. The van der Waals surface area contributed by atoms with E-state index in [0.29, 0.717) is 38.8 Å². The lowest BCUT2D eigenvalue weighted by molar-refractivity contribution is -0.135. The summed E-state index contributed by atoms with van der Waals surface area (Å²) >= 11 is 0. The van der Waals surface area contributed by atoms with Crippen LogP contribution in [0.5, 0.6) is 0 Å². The maximum atomic E-state index is 13.4. The van der Waals surface area contributed by atoms with Gasteiger partial charge in [-0.1, -0.05) is 49.6 Å². The van der Waals surface area contributed by atoms with Crippen LogP contribution < -0.4 is 0 Å². The lowest BCUT2D eigenvalue weighted by Gasteiger charge is -2.35. The molecule has 6 nitrogen and oxygen atoms in total. The van der Waals surface area contributed by atoms with Gasteiger partial charge in [0, 0.05) is 43.5 Å². The zero-order valence-corrected chi connectivity index (χ0v) is 19.1. The molecule has 0 spiro atoms. The molecule has 0 N–H and O–H groups in total. The number of ether oxygens (including phenoxy) is 1. The Balaban J connectivity index is 1.36. The van der Waals surface area contributed by atoms with Crippen molar-refractivity contribution in [3.8, 4) is 0 Å². The number of fused-ring (bicyclic) bond motifs is 1. The third-order valence-electron chi connectivity index (χ3n) is 6.86. The van der Waals surface area contributed by atoms with Gasteiger partial charge in [0.05, 0.1) is 30.5 Å². The number of nitrogens with zero attached hydrogens (tertiary/aromatic N) is 4. The Kier molecular flexibility index (Phi) is 6.93. The van der Waals surface area contributed by atoms with E-state index >= 15 is 0 Å². The van der Waals surface area contributed by atoms with E-state index in [9.17, 15) is 4.79 Å². The molecule has 1 aromatic carbocycles. The van der Waals surface area contributed by atoms with Crippen molar-refractivity contribution in [2.24, 2.45) is 0 Å². The molecule has 1 saturated carbocycles. The fourth-order valence-electron chi connectivity index (χ4n) is 5.21. The van der Waals surface area contributed by atoms with Crippen molar-refractivity contribution in [2.45, 2.75) is 57.4 Å². The van der Waals surface area contributed by atoms with Crippen LogP contribution in [-0.2, 0) is 22.7 Å². The molecule has 0 bridgehead atoms. The number of aromatic nitrogens is 2. The van der Waals surface area contributed by atoms with Gasteiger partial charge in [0.2, 0.25) is 5.91 Å². The molecule has 2 fully saturated rings. The summed E-state index contributed by atoms with van der Waals surface area (Å²) in [5.74, 6) is 0.221. The molecule has 1 atom stereocenters. The molecule has 33 heavy (non-hydrogen) atoms. The van der Waals surface area contributed by atoms with Crippen LogP contribution in [0.25, 0.3) is 10.9 Å². The first-order valence-corrected chi connectivity index (χ1v) is 12.1. The molecule has 5 rings (SSSR count). The zero-order valence-electron chi connectivity index (χ0n) is 19.1. The standard InChI is InChI=1S/C27H32N4O2/c32-26-19-30(16-22-9-6-8-21-10-7-15-29-27(21)22)17-25(33-20-23-11-4-5-14-28-23)18-31(26)24-12-2-1-3-13-24/h4-11,14-15,24-25H,1-3,12-13,16-20H2. The summed E-state index contributed by atoms with van der Waals surface area (Å²) < 4.78 is 6.36. The Morgan fingerprint density at radius 2 is 1.76 bits per heavy atom. The number of carbonyl (C=O) groups excluding carboxylic acids is 1. The quantitative estimate of drug-likeness (QED) is 0.571. The third-order valence-corrected chi connectivity index (χ3v) is 6.86. The SMILES string of the molecule is O=C1CN(Cc2cccc3cccnc23)CC(OCc2ccccn2)CN1C1CCCCC1. The summed E-state index contributed by atoms with van der Waals surface area (Å²) in [5, 5.41) is 1.13. The molecule has 3 aromatic rings. The van der Waals surface area contributed by atoms with Gasteiger partial charge >= 0.3 is 0 Å². The van der Waals surface area contributed by atoms with Gasteiger partial charge < -0.3 is 9.64 Å². The highest BCUT2D eigenvalue weighted by Gasteiger charge is 2.33. The third kappa shape index (κ3) is 5.40. The van der Waals surface area contributed by atoms with Crippen LogP contribution in [0.3, 0.4) is 0 Å². The Hall–Kier alpha value is -2.83. The van der Waals surface area contributed by atoms with E-state index in [2.05, 4.69) is 44.0 Å². The van der Waals surface area contributed by atoms with Crippen molar-refractivity contribution >= 4 is 16.8 Å². The number of rotatable bonds is 6. The van der Waals surface area contributed by atoms with E-state index in [-0.39, 0.29) is 12.0 Å². The van der Waals surface area contributed by atoms with Crippen LogP contribution >= 0.6 is 0 Å². The average Bonchev–Trinajstić information content (AvgIpc) is 3.02. The second-order valence-electron chi connectivity index (χ2n) is 9.25. The summed E-state index contributed by atoms with van der Waals surface area (Å²) in [6.07, 6.45) is 9.48. The molecular formula is C27H32N4O2.